The summed E-state index contributed by atoms with van der Waals surface area (Å²) in [5.41, 5.74) is 5.44. The lowest BCUT2D eigenvalue weighted by molar-refractivity contribution is -0.121. The van der Waals surface area contributed by atoms with Crippen molar-refractivity contribution in [2.24, 2.45) is 0 Å². The molecule has 0 spiro atoms. The minimum atomic E-state index is -3.66. The van der Waals surface area contributed by atoms with Crippen molar-refractivity contribution in [3.05, 3.63) is 63.7 Å². The van der Waals surface area contributed by atoms with Crippen LogP contribution in [0.25, 0.3) is 6.08 Å². The Morgan fingerprint density at radius 1 is 1.15 bits per heavy atom. The number of hydrogen-bond acceptors (Lipinski definition) is 4. The zero-order valence-corrected chi connectivity index (χ0v) is 15.9. The Morgan fingerprint density at radius 2 is 1.88 bits per heavy atom. The van der Waals surface area contributed by atoms with Crippen LogP contribution in [0.4, 0.5) is 0 Å². The quantitative estimate of drug-likeness (QED) is 0.487. The van der Waals surface area contributed by atoms with Crippen molar-refractivity contribution in [2.45, 2.75) is 6.42 Å². The van der Waals surface area contributed by atoms with E-state index < -0.39 is 21.8 Å². The Kier molecular flexibility index (Phi) is 7.13. The molecule has 0 atom stereocenters. The van der Waals surface area contributed by atoms with Gasteiger partial charge in [0.05, 0.1) is 0 Å². The van der Waals surface area contributed by atoms with Crippen molar-refractivity contribution in [2.75, 3.05) is 6.54 Å². The van der Waals surface area contributed by atoms with Crippen molar-refractivity contribution in [1.82, 2.24) is 20.6 Å². The van der Waals surface area contributed by atoms with Gasteiger partial charge in [0.1, 0.15) is 5.69 Å². The van der Waals surface area contributed by atoms with E-state index in [0.29, 0.717) is 4.47 Å². The van der Waals surface area contributed by atoms with Crippen molar-refractivity contribution >= 4 is 43.8 Å². The second-order valence-electron chi connectivity index (χ2n) is 5.14. The van der Waals surface area contributed by atoms with Crippen LogP contribution in [-0.2, 0) is 14.8 Å². The van der Waals surface area contributed by atoms with Crippen LogP contribution >= 0.6 is 15.9 Å². The molecule has 1 aromatic carbocycles. The van der Waals surface area contributed by atoms with Crippen LogP contribution in [0, 0.1) is 0 Å². The summed E-state index contributed by atoms with van der Waals surface area (Å²) in [6.45, 7) is -0.1000. The van der Waals surface area contributed by atoms with Gasteiger partial charge in [0.25, 0.3) is 5.91 Å². The third kappa shape index (κ3) is 6.82. The van der Waals surface area contributed by atoms with Crippen LogP contribution in [0.2, 0.25) is 0 Å². The molecule has 0 unspecified atom stereocenters. The number of benzene rings is 1. The standard InChI is InChI=1S/C16H17BrN4O4S/c17-13-10-14(18-11-13)16(23)21-20-15(22)6-8-19-26(24,25)9-7-12-4-2-1-3-5-12/h1-5,7,9-11,18-19H,6,8H2,(H,20,22)(H,21,23)/b9-7+. The Bertz CT molecular complexity index is 894. The summed E-state index contributed by atoms with van der Waals surface area (Å²) in [6, 6.07) is 10.5. The summed E-state index contributed by atoms with van der Waals surface area (Å²) in [5.74, 6) is -1.05. The molecule has 138 valence electrons. The lowest BCUT2D eigenvalue weighted by Crippen LogP contribution is -2.42. The molecule has 1 heterocycles. The van der Waals surface area contributed by atoms with Gasteiger partial charge < -0.3 is 4.98 Å². The number of hydrogen-bond donors (Lipinski definition) is 4. The van der Waals surface area contributed by atoms with Crippen molar-refractivity contribution in [3.8, 4) is 0 Å². The van der Waals surface area contributed by atoms with Crippen LogP contribution in [0.3, 0.4) is 0 Å². The maximum atomic E-state index is 11.8. The molecule has 0 aliphatic heterocycles. The first kappa shape index (κ1) is 19.9. The van der Waals surface area contributed by atoms with E-state index in [1.807, 2.05) is 6.07 Å². The third-order valence-corrected chi connectivity index (χ3v) is 4.66. The molecule has 2 rings (SSSR count). The average Bonchev–Trinajstić information content (AvgIpc) is 3.05. The second kappa shape index (κ2) is 9.32. The number of aromatic nitrogens is 1. The number of amides is 2. The van der Waals surface area contributed by atoms with E-state index >= 15 is 0 Å². The number of halogens is 1. The molecule has 0 fully saturated rings. The molecule has 0 aliphatic rings. The van der Waals surface area contributed by atoms with E-state index in [9.17, 15) is 18.0 Å². The number of nitrogens with one attached hydrogen (secondary N) is 4. The molecule has 2 aromatic rings. The van der Waals surface area contributed by atoms with Gasteiger partial charge in [-0.25, -0.2) is 13.1 Å². The maximum absolute atomic E-state index is 11.8. The predicted octanol–water partition coefficient (Wildman–Crippen LogP) is 1.52. The van der Waals surface area contributed by atoms with E-state index in [2.05, 4.69) is 36.5 Å². The molecule has 0 aliphatic carbocycles. The molecule has 4 N–H and O–H groups in total. The van der Waals surface area contributed by atoms with E-state index in [1.54, 1.807) is 36.5 Å². The van der Waals surface area contributed by atoms with Crippen LogP contribution in [-0.4, -0.2) is 31.8 Å². The molecule has 2 amide bonds. The highest BCUT2D eigenvalue weighted by Gasteiger charge is 2.10. The Labute approximate surface area is 159 Å². The molecule has 0 saturated heterocycles. The highest BCUT2D eigenvalue weighted by atomic mass is 79.9. The fourth-order valence-electron chi connectivity index (χ4n) is 1.84. The first-order valence-corrected chi connectivity index (χ1v) is 9.85. The van der Waals surface area contributed by atoms with E-state index in [-0.39, 0.29) is 18.7 Å². The van der Waals surface area contributed by atoms with Gasteiger partial charge in [-0.3, -0.25) is 20.4 Å². The van der Waals surface area contributed by atoms with Gasteiger partial charge in [-0.2, -0.15) is 0 Å². The summed E-state index contributed by atoms with van der Waals surface area (Å²) in [6.07, 6.45) is 2.90. The van der Waals surface area contributed by atoms with Gasteiger partial charge in [-0.1, -0.05) is 30.3 Å². The molecular formula is C16H17BrN4O4S. The molecule has 8 nitrogen and oxygen atoms in total. The zero-order chi connectivity index (χ0) is 19.0. The molecule has 0 radical (unpaired) electrons. The summed E-state index contributed by atoms with van der Waals surface area (Å²) < 4.78 is 26.6. The van der Waals surface area contributed by atoms with Crippen LogP contribution in [0.5, 0.6) is 0 Å². The van der Waals surface area contributed by atoms with Gasteiger partial charge in [-0.15, -0.1) is 0 Å². The molecular weight excluding hydrogens is 424 g/mol. The fraction of sp³-hybridized carbons (Fsp3) is 0.125. The largest absolute Gasteiger partial charge is 0.356 e. The number of carbonyl (C=O) groups excluding carboxylic acids is 2. The summed E-state index contributed by atoms with van der Waals surface area (Å²) in [5, 5.41) is 1.03. The number of rotatable bonds is 7. The lowest BCUT2D eigenvalue weighted by Gasteiger charge is -2.06. The summed E-state index contributed by atoms with van der Waals surface area (Å²) in [4.78, 5) is 26.1. The van der Waals surface area contributed by atoms with E-state index in [4.69, 9.17) is 0 Å². The molecule has 1 aromatic heterocycles. The first-order chi connectivity index (χ1) is 12.4. The summed E-state index contributed by atoms with van der Waals surface area (Å²) in [7, 11) is -3.66. The number of sulfonamides is 1. The zero-order valence-electron chi connectivity index (χ0n) is 13.5. The highest BCUT2D eigenvalue weighted by molar-refractivity contribution is 9.10. The smallest absolute Gasteiger partial charge is 0.286 e. The van der Waals surface area contributed by atoms with Crippen LogP contribution in [0.1, 0.15) is 22.5 Å². The van der Waals surface area contributed by atoms with E-state index in [1.165, 1.54) is 6.08 Å². The fourth-order valence-corrected chi connectivity index (χ4v) is 3.01. The van der Waals surface area contributed by atoms with E-state index in [0.717, 1.165) is 11.0 Å². The number of aromatic amines is 1. The minimum Gasteiger partial charge on any atom is -0.356 e. The van der Waals surface area contributed by atoms with Gasteiger partial charge in [0.2, 0.25) is 15.9 Å². The van der Waals surface area contributed by atoms with Crippen LogP contribution < -0.4 is 15.6 Å². The molecule has 10 heteroatoms. The number of carbonyl (C=O) groups is 2. The minimum absolute atomic E-state index is 0.1000. The number of hydrazine groups is 1. The SMILES string of the molecule is O=C(CCNS(=O)(=O)/C=C/c1ccccc1)NNC(=O)c1cc(Br)c[nH]1. The highest BCUT2D eigenvalue weighted by Crippen LogP contribution is 2.09. The Balaban J connectivity index is 1.72. The second-order valence-corrected chi connectivity index (χ2v) is 7.70. The van der Waals surface area contributed by atoms with Crippen LogP contribution in [0.15, 0.2) is 52.5 Å². The van der Waals surface area contributed by atoms with Crippen molar-refractivity contribution in [3.63, 3.8) is 0 Å². The van der Waals surface area contributed by atoms with Crippen molar-refractivity contribution in [1.29, 1.82) is 0 Å². The van der Waals surface area contributed by atoms with Crippen molar-refractivity contribution < 1.29 is 18.0 Å². The Hall–Kier alpha value is -2.43. The average molecular weight is 441 g/mol. The molecule has 26 heavy (non-hydrogen) atoms. The van der Waals surface area contributed by atoms with Gasteiger partial charge in [0.15, 0.2) is 0 Å². The topological polar surface area (TPSA) is 120 Å². The molecule has 0 bridgehead atoms. The van der Waals surface area contributed by atoms with Gasteiger partial charge >= 0.3 is 0 Å². The normalized spacial score (nSPS) is 11.4. The third-order valence-electron chi connectivity index (χ3n) is 3.10. The molecule has 0 saturated carbocycles. The summed E-state index contributed by atoms with van der Waals surface area (Å²) >= 11 is 3.19. The lowest BCUT2D eigenvalue weighted by atomic mass is 10.2. The predicted molar refractivity (Wildman–Crippen MR) is 101 cm³/mol. The first-order valence-electron chi connectivity index (χ1n) is 7.51. The van der Waals surface area contributed by atoms with Gasteiger partial charge in [0, 0.05) is 29.0 Å². The number of H-pyrrole nitrogens is 1. The Morgan fingerprint density at radius 3 is 2.54 bits per heavy atom. The monoisotopic (exact) mass is 440 g/mol. The van der Waals surface area contributed by atoms with Gasteiger partial charge in [-0.05, 0) is 33.6 Å². The maximum Gasteiger partial charge on any atom is 0.286 e.